The first-order valence-electron chi connectivity index (χ1n) is 5.75. The molecular weight excluding hydrogens is 294 g/mol. The number of para-hydroxylation sites is 1. The van der Waals surface area contributed by atoms with Crippen molar-refractivity contribution in [2.75, 3.05) is 11.9 Å². The Labute approximate surface area is 115 Å². The first kappa shape index (κ1) is 14.9. The minimum Gasteiger partial charge on any atom is -0.373 e. The fourth-order valence-corrected chi connectivity index (χ4v) is 1.74. The molecule has 0 aliphatic carbocycles. The molecule has 1 aromatic heterocycles. The molecule has 0 aliphatic heterocycles. The van der Waals surface area contributed by atoms with E-state index >= 15 is 0 Å². The summed E-state index contributed by atoms with van der Waals surface area (Å²) in [5, 5.41) is 13.2. The van der Waals surface area contributed by atoms with Crippen LogP contribution in [0.1, 0.15) is 0 Å². The van der Waals surface area contributed by atoms with Crippen LogP contribution < -0.4 is 5.32 Å². The summed E-state index contributed by atoms with van der Waals surface area (Å²) in [5.74, 6) is -4.29. The highest BCUT2D eigenvalue weighted by molar-refractivity contribution is 5.95. The molecule has 9 heteroatoms. The maximum atomic E-state index is 13.0. The number of alkyl halides is 4. The standard InChI is InChI=1S/C12H9F4N3O2/c13-11(14)12(15,16)6-18-10-7-3-1-2-4-8(7)17-5-9(10)19(20)21/h1-5,11H,6H2,(H,17,18). The molecule has 2 rings (SSSR count). The summed E-state index contributed by atoms with van der Waals surface area (Å²) in [6.45, 7) is -1.42. The SMILES string of the molecule is O=[N+]([O-])c1cnc2ccccc2c1NCC(F)(F)C(F)F. The molecule has 5 nitrogen and oxygen atoms in total. The molecule has 1 heterocycles. The third-order valence-corrected chi connectivity index (χ3v) is 2.77. The van der Waals surface area contributed by atoms with Crippen LogP contribution in [-0.4, -0.2) is 28.8 Å². The van der Waals surface area contributed by atoms with Crippen molar-refractivity contribution in [3.63, 3.8) is 0 Å². The van der Waals surface area contributed by atoms with Crippen molar-refractivity contribution in [1.29, 1.82) is 0 Å². The molecule has 2 aromatic rings. The lowest BCUT2D eigenvalue weighted by Crippen LogP contribution is -2.35. The highest BCUT2D eigenvalue weighted by atomic mass is 19.3. The predicted molar refractivity (Wildman–Crippen MR) is 67.8 cm³/mol. The summed E-state index contributed by atoms with van der Waals surface area (Å²) in [4.78, 5) is 13.9. The highest BCUT2D eigenvalue weighted by Gasteiger charge is 2.41. The van der Waals surface area contributed by atoms with E-state index in [4.69, 9.17) is 0 Å². The Hall–Kier alpha value is -2.45. The number of hydrogen-bond donors (Lipinski definition) is 1. The van der Waals surface area contributed by atoms with E-state index in [2.05, 4.69) is 4.98 Å². The van der Waals surface area contributed by atoms with Crippen LogP contribution in [0.5, 0.6) is 0 Å². The van der Waals surface area contributed by atoms with Gasteiger partial charge in [-0.15, -0.1) is 0 Å². The smallest absolute Gasteiger partial charge is 0.324 e. The second-order valence-electron chi connectivity index (χ2n) is 4.21. The van der Waals surface area contributed by atoms with Crippen molar-refractivity contribution in [2.45, 2.75) is 12.3 Å². The molecule has 0 spiro atoms. The van der Waals surface area contributed by atoms with Gasteiger partial charge < -0.3 is 5.32 Å². The Kier molecular flexibility index (Phi) is 3.92. The molecule has 0 radical (unpaired) electrons. The molecular formula is C12H9F4N3O2. The number of nitro groups is 1. The Morgan fingerprint density at radius 2 is 2.00 bits per heavy atom. The second-order valence-corrected chi connectivity index (χ2v) is 4.21. The zero-order chi connectivity index (χ0) is 15.6. The Morgan fingerprint density at radius 3 is 2.62 bits per heavy atom. The van der Waals surface area contributed by atoms with Crippen LogP contribution >= 0.6 is 0 Å². The molecule has 112 valence electrons. The monoisotopic (exact) mass is 303 g/mol. The number of nitrogens with zero attached hydrogens (tertiary/aromatic N) is 2. The zero-order valence-electron chi connectivity index (χ0n) is 10.4. The number of rotatable bonds is 5. The average Bonchev–Trinajstić information content (AvgIpc) is 2.44. The van der Waals surface area contributed by atoms with Crippen LogP contribution in [0.2, 0.25) is 0 Å². The maximum absolute atomic E-state index is 13.0. The van der Waals surface area contributed by atoms with Gasteiger partial charge in [-0.05, 0) is 6.07 Å². The van der Waals surface area contributed by atoms with Crippen molar-refractivity contribution < 1.29 is 22.5 Å². The van der Waals surface area contributed by atoms with E-state index in [0.717, 1.165) is 6.20 Å². The van der Waals surface area contributed by atoms with Gasteiger partial charge in [-0.25, -0.2) is 13.8 Å². The van der Waals surface area contributed by atoms with Crippen LogP contribution in [0.3, 0.4) is 0 Å². The summed E-state index contributed by atoms with van der Waals surface area (Å²) in [6, 6.07) is 6.09. The van der Waals surface area contributed by atoms with Gasteiger partial charge in [0.15, 0.2) is 0 Å². The normalized spacial score (nSPS) is 11.9. The molecule has 0 saturated heterocycles. The summed E-state index contributed by atoms with van der Waals surface area (Å²) in [7, 11) is 0. The molecule has 0 bridgehead atoms. The molecule has 1 aromatic carbocycles. The van der Waals surface area contributed by atoms with Crippen molar-refractivity contribution in [3.8, 4) is 0 Å². The second kappa shape index (κ2) is 5.51. The highest BCUT2D eigenvalue weighted by Crippen LogP contribution is 2.33. The van der Waals surface area contributed by atoms with Gasteiger partial charge in [0.2, 0.25) is 0 Å². The molecule has 0 saturated carbocycles. The van der Waals surface area contributed by atoms with Crippen molar-refractivity contribution >= 4 is 22.3 Å². The van der Waals surface area contributed by atoms with Gasteiger partial charge in [-0.1, -0.05) is 18.2 Å². The Bertz CT molecular complexity index is 679. The number of anilines is 1. The number of halogens is 4. The Morgan fingerprint density at radius 1 is 1.33 bits per heavy atom. The largest absolute Gasteiger partial charge is 0.373 e. The summed E-state index contributed by atoms with van der Waals surface area (Å²) in [5.41, 5.74) is -0.490. The van der Waals surface area contributed by atoms with Gasteiger partial charge in [-0.2, -0.15) is 8.78 Å². The van der Waals surface area contributed by atoms with Crippen molar-refractivity contribution in [3.05, 3.63) is 40.6 Å². The van der Waals surface area contributed by atoms with Crippen LogP contribution in [0.15, 0.2) is 30.5 Å². The van der Waals surface area contributed by atoms with E-state index in [1.807, 2.05) is 5.32 Å². The summed E-state index contributed by atoms with van der Waals surface area (Å²) < 4.78 is 50.2. The number of aromatic nitrogens is 1. The lowest BCUT2D eigenvalue weighted by molar-refractivity contribution is -0.384. The number of benzene rings is 1. The zero-order valence-corrected chi connectivity index (χ0v) is 10.4. The molecule has 0 amide bonds. The van der Waals surface area contributed by atoms with Gasteiger partial charge in [0.25, 0.3) is 0 Å². The maximum Gasteiger partial charge on any atom is 0.324 e. The quantitative estimate of drug-likeness (QED) is 0.522. The minimum absolute atomic E-state index is 0.205. The molecule has 0 aliphatic rings. The van der Waals surface area contributed by atoms with E-state index in [1.165, 1.54) is 18.2 Å². The summed E-state index contributed by atoms with van der Waals surface area (Å²) >= 11 is 0. The van der Waals surface area contributed by atoms with Crippen LogP contribution in [0.25, 0.3) is 10.9 Å². The topological polar surface area (TPSA) is 68.1 Å². The van der Waals surface area contributed by atoms with Crippen molar-refractivity contribution in [1.82, 2.24) is 4.98 Å². The van der Waals surface area contributed by atoms with Crippen LogP contribution in [0, 0.1) is 10.1 Å². The van der Waals surface area contributed by atoms with E-state index in [0.29, 0.717) is 5.52 Å². The fourth-order valence-electron chi connectivity index (χ4n) is 1.74. The van der Waals surface area contributed by atoms with E-state index in [9.17, 15) is 27.7 Å². The first-order chi connectivity index (χ1) is 9.83. The molecule has 0 unspecified atom stereocenters. The molecule has 21 heavy (non-hydrogen) atoms. The number of pyridine rings is 1. The van der Waals surface area contributed by atoms with Gasteiger partial charge in [-0.3, -0.25) is 10.1 Å². The fraction of sp³-hybridized carbons (Fsp3) is 0.250. The van der Waals surface area contributed by atoms with Crippen molar-refractivity contribution in [2.24, 2.45) is 0 Å². The predicted octanol–water partition coefficient (Wildman–Crippen LogP) is 3.46. The number of nitrogens with one attached hydrogen (secondary N) is 1. The number of fused-ring (bicyclic) bond motifs is 1. The van der Waals surface area contributed by atoms with Gasteiger partial charge in [0.05, 0.1) is 17.0 Å². The van der Waals surface area contributed by atoms with Gasteiger partial charge in [0.1, 0.15) is 11.9 Å². The van der Waals surface area contributed by atoms with E-state index in [-0.39, 0.29) is 11.1 Å². The number of hydrogen-bond acceptors (Lipinski definition) is 4. The summed E-state index contributed by atoms with van der Waals surface area (Å²) in [6.07, 6.45) is -2.97. The third kappa shape index (κ3) is 3.01. The van der Waals surface area contributed by atoms with Crippen LogP contribution in [-0.2, 0) is 0 Å². The minimum atomic E-state index is -4.29. The molecule has 0 fully saturated rings. The van der Waals surface area contributed by atoms with Gasteiger partial charge in [0, 0.05) is 5.39 Å². The molecule has 1 N–H and O–H groups in total. The first-order valence-corrected chi connectivity index (χ1v) is 5.75. The van der Waals surface area contributed by atoms with E-state index < -0.39 is 29.5 Å². The molecule has 0 atom stereocenters. The Balaban J connectivity index is 2.45. The lowest BCUT2D eigenvalue weighted by atomic mass is 10.1. The average molecular weight is 303 g/mol. The van der Waals surface area contributed by atoms with E-state index in [1.54, 1.807) is 6.07 Å². The van der Waals surface area contributed by atoms with Gasteiger partial charge >= 0.3 is 18.0 Å². The third-order valence-electron chi connectivity index (χ3n) is 2.77. The van der Waals surface area contributed by atoms with Crippen LogP contribution in [0.4, 0.5) is 28.9 Å². The lowest BCUT2D eigenvalue weighted by Gasteiger charge is -2.17.